The molecule has 1 N–H and O–H groups in total. The summed E-state index contributed by atoms with van der Waals surface area (Å²) in [6.45, 7) is -0.622. The highest BCUT2D eigenvalue weighted by Gasteiger charge is 2.26. The van der Waals surface area contributed by atoms with Gasteiger partial charge in [-0.3, -0.25) is 15.1 Å². The molecule has 0 spiro atoms. The second-order valence-corrected chi connectivity index (χ2v) is 4.31. The number of aromatic nitrogens is 1. The van der Waals surface area contributed by atoms with Crippen molar-refractivity contribution in [3.8, 4) is 11.3 Å². The first kappa shape index (κ1) is 15.2. The van der Waals surface area contributed by atoms with Gasteiger partial charge in [-0.25, -0.2) is 8.78 Å². The predicted molar refractivity (Wildman–Crippen MR) is 67.1 cm³/mol. The van der Waals surface area contributed by atoms with Crippen LogP contribution in [0.1, 0.15) is 5.56 Å². The molecule has 0 atom stereocenters. The van der Waals surface area contributed by atoms with Gasteiger partial charge >= 0.3 is 5.69 Å². The van der Waals surface area contributed by atoms with Gasteiger partial charge in [-0.05, 0) is 6.07 Å². The van der Waals surface area contributed by atoms with Crippen LogP contribution in [-0.2, 0) is 6.61 Å². The number of aliphatic hydroxyl groups excluding tert-OH is 1. The van der Waals surface area contributed by atoms with Crippen LogP contribution in [0.15, 0.2) is 18.3 Å². The fourth-order valence-electron chi connectivity index (χ4n) is 1.68. The highest BCUT2D eigenvalue weighted by atomic mass is 35.5. The Hall–Kier alpha value is -2.19. The van der Waals surface area contributed by atoms with Crippen molar-refractivity contribution < 1.29 is 23.2 Å². The molecule has 0 aliphatic heterocycles. The molecule has 0 amide bonds. The predicted octanol–water partition coefficient (Wildman–Crippen LogP) is 3.22. The van der Waals surface area contributed by atoms with Crippen LogP contribution in [0.3, 0.4) is 0 Å². The smallest absolute Gasteiger partial charge is 0.305 e. The van der Waals surface area contributed by atoms with Gasteiger partial charge in [0.2, 0.25) is 5.82 Å². The summed E-state index contributed by atoms with van der Waals surface area (Å²) in [5.74, 6) is -4.06. The molecule has 2 rings (SSSR count). The van der Waals surface area contributed by atoms with Gasteiger partial charge in [0, 0.05) is 17.8 Å². The normalized spacial score (nSPS) is 10.7. The van der Waals surface area contributed by atoms with Crippen LogP contribution in [0.2, 0.25) is 5.02 Å². The monoisotopic (exact) mass is 318 g/mol. The van der Waals surface area contributed by atoms with Crippen molar-refractivity contribution in [2.45, 2.75) is 6.61 Å². The maximum absolute atomic E-state index is 14.0. The molecule has 0 saturated heterocycles. The third-order valence-corrected chi connectivity index (χ3v) is 3.12. The number of nitrogens with zero attached hydrogens (tertiary/aromatic N) is 2. The number of hydrogen-bond donors (Lipinski definition) is 1. The first-order valence-electron chi connectivity index (χ1n) is 5.45. The second kappa shape index (κ2) is 5.66. The summed E-state index contributed by atoms with van der Waals surface area (Å²) in [6.07, 6.45) is 0.929. The molecule has 0 aliphatic rings. The van der Waals surface area contributed by atoms with Gasteiger partial charge in [-0.2, -0.15) is 4.39 Å². The van der Waals surface area contributed by atoms with E-state index < -0.39 is 50.9 Å². The van der Waals surface area contributed by atoms with Crippen LogP contribution in [0.25, 0.3) is 11.3 Å². The molecule has 0 saturated carbocycles. The molecule has 0 unspecified atom stereocenters. The molecule has 1 aromatic heterocycles. The number of benzene rings is 1. The van der Waals surface area contributed by atoms with Crippen LogP contribution < -0.4 is 0 Å². The summed E-state index contributed by atoms with van der Waals surface area (Å²) < 4.78 is 41.7. The Bertz CT molecular complexity index is 740. The lowest BCUT2D eigenvalue weighted by atomic mass is 10.1. The van der Waals surface area contributed by atoms with Gasteiger partial charge in [0.1, 0.15) is 11.5 Å². The van der Waals surface area contributed by atoms with Crippen molar-refractivity contribution in [1.82, 2.24) is 4.98 Å². The Morgan fingerprint density at radius 1 is 1.29 bits per heavy atom. The summed E-state index contributed by atoms with van der Waals surface area (Å²) in [7, 11) is 0. The lowest BCUT2D eigenvalue weighted by molar-refractivity contribution is -0.387. The first-order valence-corrected chi connectivity index (χ1v) is 5.82. The van der Waals surface area contributed by atoms with Gasteiger partial charge in [0.05, 0.1) is 22.1 Å². The molecule has 1 aromatic carbocycles. The van der Waals surface area contributed by atoms with Crippen LogP contribution in [-0.4, -0.2) is 15.0 Å². The van der Waals surface area contributed by atoms with E-state index in [1.54, 1.807) is 0 Å². The molecule has 21 heavy (non-hydrogen) atoms. The third kappa shape index (κ3) is 2.55. The minimum Gasteiger partial charge on any atom is -0.392 e. The molecule has 0 aliphatic carbocycles. The minimum atomic E-state index is -1.56. The van der Waals surface area contributed by atoms with Crippen molar-refractivity contribution in [2.24, 2.45) is 0 Å². The zero-order valence-electron chi connectivity index (χ0n) is 10.1. The fraction of sp³-hybridized carbons (Fsp3) is 0.0833. The van der Waals surface area contributed by atoms with E-state index in [9.17, 15) is 23.3 Å². The van der Waals surface area contributed by atoms with Gasteiger partial charge in [0.25, 0.3) is 0 Å². The lowest BCUT2D eigenvalue weighted by Crippen LogP contribution is -2.02. The Balaban J connectivity index is 2.76. The van der Waals surface area contributed by atoms with Gasteiger partial charge in [-0.1, -0.05) is 11.6 Å². The molecule has 0 bridgehead atoms. The number of aliphatic hydroxyl groups is 1. The summed E-state index contributed by atoms with van der Waals surface area (Å²) in [5.41, 5.74) is -2.90. The van der Waals surface area contributed by atoms with E-state index in [1.807, 2.05) is 0 Å². The van der Waals surface area contributed by atoms with Crippen LogP contribution in [0, 0.1) is 27.6 Å². The Labute approximate surface area is 120 Å². The summed E-state index contributed by atoms with van der Waals surface area (Å²) in [5, 5.41) is 19.0. The highest BCUT2D eigenvalue weighted by Crippen LogP contribution is 2.34. The highest BCUT2D eigenvalue weighted by molar-refractivity contribution is 6.31. The second-order valence-electron chi connectivity index (χ2n) is 3.93. The lowest BCUT2D eigenvalue weighted by Gasteiger charge is -2.09. The molecule has 1 heterocycles. The van der Waals surface area contributed by atoms with Crippen molar-refractivity contribution in [1.29, 1.82) is 0 Å². The number of nitro benzene ring substituents is 1. The number of nitro groups is 1. The summed E-state index contributed by atoms with van der Waals surface area (Å²) in [4.78, 5) is 13.0. The van der Waals surface area contributed by atoms with Gasteiger partial charge in [0.15, 0.2) is 5.82 Å². The average Bonchev–Trinajstić information content (AvgIpc) is 2.43. The van der Waals surface area contributed by atoms with E-state index in [0.29, 0.717) is 12.1 Å². The Kier molecular flexibility index (Phi) is 4.10. The fourth-order valence-corrected chi connectivity index (χ4v) is 1.88. The standard InChI is InChI=1S/C12H6ClF3N2O3/c13-9-5(4-19)3-17-12(11(9)16)8-6(14)1-2-7(10(8)15)18(20)21/h1-3,19H,4H2. The van der Waals surface area contributed by atoms with E-state index >= 15 is 0 Å². The quantitative estimate of drug-likeness (QED) is 0.696. The maximum atomic E-state index is 14.0. The summed E-state index contributed by atoms with van der Waals surface area (Å²) in [6, 6.07) is 1.25. The van der Waals surface area contributed by atoms with Gasteiger partial charge in [-0.15, -0.1) is 0 Å². The Morgan fingerprint density at radius 2 is 1.95 bits per heavy atom. The van der Waals surface area contributed by atoms with E-state index in [2.05, 4.69) is 4.98 Å². The largest absolute Gasteiger partial charge is 0.392 e. The van der Waals surface area contributed by atoms with E-state index in [1.165, 1.54) is 0 Å². The van der Waals surface area contributed by atoms with E-state index in [-0.39, 0.29) is 5.56 Å². The molecule has 0 radical (unpaired) electrons. The molecule has 9 heteroatoms. The number of pyridine rings is 1. The van der Waals surface area contributed by atoms with Crippen LogP contribution in [0.4, 0.5) is 18.9 Å². The molecule has 2 aromatic rings. The zero-order chi connectivity index (χ0) is 15.7. The molecular weight excluding hydrogens is 313 g/mol. The first-order chi connectivity index (χ1) is 9.88. The van der Waals surface area contributed by atoms with E-state index in [0.717, 1.165) is 6.20 Å². The number of hydrogen-bond acceptors (Lipinski definition) is 4. The van der Waals surface area contributed by atoms with Crippen LogP contribution in [0.5, 0.6) is 0 Å². The third-order valence-electron chi connectivity index (χ3n) is 2.71. The van der Waals surface area contributed by atoms with Crippen LogP contribution >= 0.6 is 11.6 Å². The minimum absolute atomic E-state index is 0.0795. The molecule has 0 fully saturated rings. The molecular formula is C12H6ClF3N2O3. The van der Waals surface area contributed by atoms with Crippen molar-refractivity contribution in [2.75, 3.05) is 0 Å². The van der Waals surface area contributed by atoms with Crippen molar-refractivity contribution >= 4 is 17.3 Å². The van der Waals surface area contributed by atoms with Crippen molar-refractivity contribution in [3.05, 3.63) is 56.5 Å². The molecule has 5 nitrogen and oxygen atoms in total. The molecule has 110 valence electrons. The zero-order valence-corrected chi connectivity index (χ0v) is 10.9. The van der Waals surface area contributed by atoms with E-state index in [4.69, 9.17) is 16.7 Å². The average molecular weight is 319 g/mol. The summed E-state index contributed by atoms with van der Waals surface area (Å²) >= 11 is 5.60. The maximum Gasteiger partial charge on any atom is 0.305 e. The van der Waals surface area contributed by atoms with Crippen molar-refractivity contribution in [3.63, 3.8) is 0 Å². The topological polar surface area (TPSA) is 76.3 Å². The number of rotatable bonds is 3. The Morgan fingerprint density at radius 3 is 2.52 bits per heavy atom. The SMILES string of the molecule is O=[N+]([O-])c1ccc(F)c(-c2ncc(CO)c(Cl)c2F)c1F. The number of halogens is 4. The van der Waals surface area contributed by atoms with Gasteiger partial charge < -0.3 is 5.11 Å².